The molecule has 1 aromatic heterocycles. The van der Waals surface area contributed by atoms with E-state index in [1.54, 1.807) is 29.2 Å². The summed E-state index contributed by atoms with van der Waals surface area (Å²) in [5, 5.41) is 12.2. The molecule has 0 aliphatic carbocycles. The molecule has 0 spiro atoms. The van der Waals surface area contributed by atoms with Crippen LogP contribution < -0.4 is 10.2 Å². The molecule has 1 aromatic carbocycles. The lowest BCUT2D eigenvalue weighted by molar-refractivity contribution is -0.141. The van der Waals surface area contributed by atoms with Gasteiger partial charge >= 0.3 is 6.18 Å². The SMILES string of the molecule is N#Cc1ccc(C(F)(F)F)nc1N1CCCCC1CNC(=O)c1ccccc1. The fraction of sp³-hybridized carbons (Fsp3) is 0.350. The van der Waals surface area contributed by atoms with Crippen LogP contribution in [0.25, 0.3) is 0 Å². The zero-order chi connectivity index (χ0) is 20.1. The van der Waals surface area contributed by atoms with Crippen molar-refractivity contribution < 1.29 is 18.0 Å². The molecule has 3 rings (SSSR count). The highest BCUT2D eigenvalue weighted by atomic mass is 19.4. The van der Waals surface area contributed by atoms with Crippen LogP contribution in [-0.2, 0) is 6.18 Å². The number of halogens is 3. The Hall–Kier alpha value is -3.08. The first-order valence-electron chi connectivity index (χ1n) is 8.98. The third-order valence-electron chi connectivity index (χ3n) is 4.72. The maximum atomic E-state index is 13.1. The van der Waals surface area contributed by atoms with Gasteiger partial charge in [-0.05, 0) is 43.5 Å². The lowest BCUT2D eigenvalue weighted by Crippen LogP contribution is -2.47. The second-order valence-corrected chi connectivity index (χ2v) is 6.60. The number of hydrogen-bond donors (Lipinski definition) is 1. The zero-order valence-electron chi connectivity index (χ0n) is 15.0. The van der Waals surface area contributed by atoms with Gasteiger partial charge in [0, 0.05) is 24.7 Å². The van der Waals surface area contributed by atoms with Crippen molar-refractivity contribution in [1.29, 1.82) is 5.26 Å². The van der Waals surface area contributed by atoms with Crippen LogP contribution in [0, 0.1) is 11.3 Å². The summed E-state index contributed by atoms with van der Waals surface area (Å²) >= 11 is 0. The summed E-state index contributed by atoms with van der Waals surface area (Å²) in [6.07, 6.45) is -2.22. The summed E-state index contributed by atoms with van der Waals surface area (Å²) in [5.41, 5.74) is -0.423. The summed E-state index contributed by atoms with van der Waals surface area (Å²) in [4.78, 5) is 17.7. The normalized spacial score (nSPS) is 17.1. The van der Waals surface area contributed by atoms with Gasteiger partial charge in [-0.2, -0.15) is 18.4 Å². The molecular weight excluding hydrogens is 369 g/mol. The number of alkyl halides is 3. The topological polar surface area (TPSA) is 69.0 Å². The van der Waals surface area contributed by atoms with Gasteiger partial charge in [0.25, 0.3) is 5.91 Å². The molecule has 1 aliphatic rings. The van der Waals surface area contributed by atoms with Gasteiger partial charge in [0.15, 0.2) is 0 Å². The van der Waals surface area contributed by atoms with Gasteiger partial charge in [-0.3, -0.25) is 4.79 Å². The lowest BCUT2D eigenvalue weighted by Gasteiger charge is -2.37. The van der Waals surface area contributed by atoms with E-state index in [2.05, 4.69) is 10.3 Å². The molecule has 28 heavy (non-hydrogen) atoms. The minimum atomic E-state index is -4.59. The Labute approximate surface area is 160 Å². The van der Waals surface area contributed by atoms with Crippen molar-refractivity contribution in [3.8, 4) is 6.07 Å². The Morgan fingerprint density at radius 3 is 2.64 bits per heavy atom. The van der Waals surface area contributed by atoms with E-state index < -0.39 is 11.9 Å². The van der Waals surface area contributed by atoms with E-state index in [4.69, 9.17) is 0 Å². The number of benzene rings is 1. The number of hydrogen-bond acceptors (Lipinski definition) is 4. The van der Waals surface area contributed by atoms with Crippen LogP contribution in [0.3, 0.4) is 0 Å². The third kappa shape index (κ3) is 4.42. The quantitative estimate of drug-likeness (QED) is 0.866. The first-order chi connectivity index (χ1) is 13.4. The number of pyridine rings is 1. The van der Waals surface area contributed by atoms with Crippen molar-refractivity contribution in [3.05, 3.63) is 59.3 Å². The predicted octanol–water partition coefficient (Wildman–Crippen LogP) is 3.76. The number of carbonyl (C=O) groups excluding carboxylic acids is 1. The number of carbonyl (C=O) groups is 1. The van der Waals surface area contributed by atoms with Crippen LogP contribution in [-0.4, -0.2) is 30.0 Å². The maximum absolute atomic E-state index is 13.1. The summed E-state index contributed by atoms with van der Waals surface area (Å²) in [6.45, 7) is 0.741. The van der Waals surface area contributed by atoms with Crippen LogP contribution in [0.15, 0.2) is 42.5 Å². The smallest absolute Gasteiger partial charge is 0.351 e. The van der Waals surface area contributed by atoms with Crippen LogP contribution >= 0.6 is 0 Å². The molecule has 0 bridgehead atoms. The van der Waals surface area contributed by atoms with Crippen LogP contribution in [0.5, 0.6) is 0 Å². The Morgan fingerprint density at radius 2 is 1.96 bits per heavy atom. The minimum Gasteiger partial charge on any atom is -0.351 e. The average molecular weight is 388 g/mol. The number of nitriles is 1. The monoisotopic (exact) mass is 388 g/mol. The Balaban J connectivity index is 1.81. The van der Waals surface area contributed by atoms with Gasteiger partial charge in [-0.1, -0.05) is 18.2 Å². The fourth-order valence-corrected chi connectivity index (χ4v) is 3.31. The molecule has 1 aliphatic heterocycles. The van der Waals surface area contributed by atoms with E-state index in [9.17, 15) is 23.2 Å². The molecule has 1 N–H and O–H groups in total. The first-order valence-corrected chi connectivity index (χ1v) is 8.98. The highest BCUT2D eigenvalue weighted by Gasteiger charge is 2.35. The number of piperidine rings is 1. The molecule has 146 valence electrons. The molecule has 0 radical (unpaired) electrons. The van der Waals surface area contributed by atoms with Crippen molar-refractivity contribution in [2.75, 3.05) is 18.0 Å². The standard InChI is InChI=1S/C20H19F3N4O/c21-20(22,23)17-10-9-15(12-24)18(26-17)27-11-5-4-8-16(27)13-25-19(28)14-6-2-1-3-7-14/h1-3,6-7,9-10,16H,4-5,8,11,13H2,(H,25,28). The van der Waals surface area contributed by atoms with Gasteiger partial charge in [0.1, 0.15) is 17.6 Å². The summed E-state index contributed by atoms with van der Waals surface area (Å²) in [6, 6.07) is 12.4. The first kappa shape index (κ1) is 19.7. The van der Waals surface area contributed by atoms with Gasteiger partial charge in [0.2, 0.25) is 0 Å². The van der Waals surface area contributed by atoms with Crippen molar-refractivity contribution in [3.63, 3.8) is 0 Å². The van der Waals surface area contributed by atoms with Gasteiger partial charge in [-0.25, -0.2) is 4.98 Å². The summed E-state index contributed by atoms with van der Waals surface area (Å²) in [5.74, 6) is -0.223. The van der Waals surface area contributed by atoms with E-state index in [0.717, 1.165) is 25.0 Å². The molecule has 1 fully saturated rings. The second-order valence-electron chi connectivity index (χ2n) is 6.60. The third-order valence-corrected chi connectivity index (χ3v) is 4.72. The van der Waals surface area contributed by atoms with Crippen molar-refractivity contribution in [2.24, 2.45) is 0 Å². The second kappa shape index (κ2) is 8.30. The summed E-state index contributed by atoms with van der Waals surface area (Å²) in [7, 11) is 0. The zero-order valence-corrected chi connectivity index (χ0v) is 15.0. The van der Waals surface area contributed by atoms with E-state index >= 15 is 0 Å². The van der Waals surface area contributed by atoms with Gasteiger partial charge < -0.3 is 10.2 Å². The Morgan fingerprint density at radius 1 is 1.21 bits per heavy atom. The molecule has 5 nitrogen and oxygen atoms in total. The molecule has 2 aromatic rings. The molecule has 1 atom stereocenters. The van der Waals surface area contributed by atoms with Crippen LogP contribution in [0.1, 0.15) is 40.9 Å². The van der Waals surface area contributed by atoms with Crippen LogP contribution in [0.4, 0.5) is 19.0 Å². The highest BCUT2D eigenvalue weighted by Crippen LogP contribution is 2.32. The molecule has 2 heterocycles. The fourth-order valence-electron chi connectivity index (χ4n) is 3.31. The number of aromatic nitrogens is 1. The van der Waals surface area contributed by atoms with Crippen LogP contribution in [0.2, 0.25) is 0 Å². The highest BCUT2D eigenvalue weighted by molar-refractivity contribution is 5.94. The lowest BCUT2D eigenvalue weighted by atomic mass is 10.0. The van der Waals surface area contributed by atoms with E-state index in [1.807, 2.05) is 12.1 Å². The van der Waals surface area contributed by atoms with E-state index in [1.165, 1.54) is 0 Å². The van der Waals surface area contributed by atoms with Gasteiger partial charge in [-0.15, -0.1) is 0 Å². The van der Waals surface area contributed by atoms with E-state index in [-0.39, 0.29) is 29.9 Å². The number of rotatable bonds is 4. The van der Waals surface area contributed by atoms with Crippen molar-refractivity contribution >= 4 is 11.7 Å². The molecular formula is C20H19F3N4O. The molecule has 8 heteroatoms. The molecule has 1 amide bonds. The van der Waals surface area contributed by atoms with Gasteiger partial charge in [0.05, 0.1) is 5.56 Å². The number of amides is 1. The Bertz CT molecular complexity index is 877. The average Bonchev–Trinajstić information content (AvgIpc) is 2.71. The molecule has 1 saturated heterocycles. The minimum absolute atomic E-state index is 0.0241. The van der Waals surface area contributed by atoms with E-state index in [0.29, 0.717) is 18.5 Å². The Kier molecular flexibility index (Phi) is 5.83. The van der Waals surface area contributed by atoms with Crippen molar-refractivity contribution in [1.82, 2.24) is 10.3 Å². The summed E-state index contributed by atoms with van der Waals surface area (Å²) < 4.78 is 39.3. The largest absolute Gasteiger partial charge is 0.433 e. The maximum Gasteiger partial charge on any atom is 0.433 e. The number of anilines is 1. The molecule has 1 unspecified atom stereocenters. The predicted molar refractivity (Wildman–Crippen MR) is 97.7 cm³/mol. The number of nitrogens with one attached hydrogen (secondary N) is 1. The number of nitrogens with zero attached hydrogens (tertiary/aromatic N) is 3. The van der Waals surface area contributed by atoms with Crippen molar-refractivity contribution in [2.45, 2.75) is 31.5 Å². The molecule has 0 saturated carbocycles.